The fourth-order valence-corrected chi connectivity index (χ4v) is 3.33. The summed E-state index contributed by atoms with van der Waals surface area (Å²) in [5.41, 5.74) is 2.51. The van der Waals surface area contributed by atoms with Gasteiger partial charge >= 0.3 is 5.97 Å². The molecule has 0 atom stereocenters. The summed E-state index contributed by atoms with van der Waals surface area (Å²) >= 11 is 12.2. The summed E-state index contributed by atoms with van der Waals surface area (Å²) in [5, 5.41) is 11.2. The average molecular weight is 398 g/mol. The molecular weight excluding hydrogens is 385 g/mol. The quantitative estimate of drug-likeness (QED) is 0.516. The monoisotopic (exact) mass is 397 g/mol. The highest BCUT2D eigenvalue weighted by Gasteiger charge is 2.11. The molecule has 4 rings (SSSR count). The van der Waals surface area contributed by atoms with Crippen molar-refractivity contribution in [3.05, 3.63) is 82.1 Å². The van der Waals surface area contributed by atoms with E-state index >= 15 is 0 Å². The lowest BCUT2D eigenvalue weighted by atomic mass is 10.1. The van der Waals surface area contributed by atoms with E-state index in [1.807, 2.05) is 22.9 Å². The molecule has 0 aliphatic heterocycles. The maximum absolute atomic E-state index is 11.2. The molecule has 134 valence electrons. The Balaban J connectivity index is 1.75. The van der Waals surface area contributed by atoms with E-state index in [1.54, 1.807) is 36.5 Å². The highest BCUT2D eigenvalue weighted by atomic mass is 35.5. The number of aromatic carboxylic acids is 1. The number of aromatic nitrogens is 3. The number of fused-ring (bicyclic) bond motifs is 1. The van der Waals surface area contributed by atoms with Crippen LogP contribution < -0.4 is 0 Å². The van der Waals surface area contributed by atoms with Gasteiger partial charge in [-0.2, -0.15) is 0 Å². The lowest BCUT2D eigenvalue weighted by Crippen LogP contribution is -2.02. The molecule has 0 bridgehead atoms. The van der Waals surface area contributed by atoms with Gasteiger partial charge in [0, 0.05) is 33.4 Å². The van der Waals surface area contributed by atoms with Gasteiger partial charge in [-0.1, -0.05) is 41.4 Å². The van der Waals surface area contributed by atoms with Crippen molar-refractivity contribution in [1.29, 1.82) is 0 Å². The summed E-state index contributed by atoms with van der Waals surface area (Å²) in [6.07, 6.45) is 3.65. The van der Waals surface area contributed by atoms with Crippen molar-refractivity contribution in [3.63, 3.8) is 0 Å². The molecule has 0 amide bonds. The van der Waals surface area contributed by atoms with E-state index in [2.05, 4.69) is 9.97 Å². The molecule has 7 heteroatoms. The number of rotatable bonds is 4. The van der Waals surface area contributed by atoms with Gasteiger partial charge in [-0.15, -0.1) is 0 Å². The first-order valence-electron chi connectivity index (χ1n) is 8.11. The van der Waals surface area contributed by atoms with E-state index in [9.17, 15) is 9.90 Å². The minimum atomic E-state index is -0.987. The molecule has 4 aromatic rings. The molecule has 2 aromatic heterocycles. The third-order valence-electron chi connectivity index (χ3n) is 4.23. The molecule has 0 saturated carbocycles. The minimum absolute atomic E-state index is 0.194. The van der Waals surface area contributed by atoms with Gasteiger partial charge in [-0.25, -0.2) is 14.8 Å². The van der Waals surface area contributed by atoms with E-state index in [0.29, 0.717) is 28.0 Å². The van der Waals surface area contributed by atoms with Crippen LogP contribution in [-0.2, 0) is 6.54 Å². The number of hydrogen-bond donors (Lipinski definition) is 1. The van der Waals surface area contributed by atoms with Crippen molar-refractivity contribution < 1.29 is 9.90 Å². The molecule has 27 heavy (non-hydrogen) atoms. The van der Waals surface area contributed by atoms with Crippen molar-refractivity contribution >= 4 is 40.2 Å². The van der Waals surface area contributed by atoms with Crippen LogP contribution in [0, 0.1) is 0 Å². The maximum atomic E-state index is 11.2. The first kappa shape index (κ1) is 17.5. The minimum Gasteiger partial charge on any atom is -0.478 e. The van der Waals surface area contributed by atoms with Crippen LogP contribution in [0.3, 0.4) is 0 Å². The van der Waals surface area contributed by atoms with Gasteiger partial charge in [0.15, 0.2) is 5.82 Å². The summed E-state index contributed by atoms with van der Waals surface area (Å²) in [4.78, 5) is 20.2. The number of halogens is 2. The first-order chi connectivity index (χ1) is 13.0. The van der Waals surface area contributed by atoms with Crippen LogP contribution in [0.25, 0.3) is 22.4 Å². The van der Waals surface area contributed by atoms with E-state index in [1.165, 1.54) is 6.07 Å². The Hall–Kier alpha value is -2.89. The number of nitrogens with zero attached hydrogens (tertiary/aromatic N) is 3. The fraction of sp³-hybridized carbons (Fsp3) is 0.0500. The van der Waals surface area contributed by atoms with Crippen LogP contribution in [0.4, 0.5) is 0 Å². The highest BCUT2D eigenvalue weighted by molar-refractivity contribution is 6.35. The van der Waals surface area contributed by atoms with Crippen LogP contribution in [-0.4, -0.2) is 25.6 Å². The molecule has 0 aliphatic carbocycles. The van der Waals surface area contributed by atoms with Gasteiger partial charge in [0.2, 0.25) is 0 Å². The number of hydrogen-bond acceptors (Lipinski definition) is 3. The largest absolute Gasteiger partial charge is 0.478 e. The lowest BCUT2D eigenvalue weighted by molar-refractivity contribution is 0.0697. The molecule has 2 heterocycles. The summed E-state index contributed by atoms with van der Waals surface area (Å²) in [6.45, 7) is 0.533. The number of benzene rings is 2. The van der Waals surface area contributed by atoms with E-state index in [-0.39, 0.29) is 5.56 Å². The van der Waals surface area contributed by atoms with Crippen molar-refractivity contribution in [2.75, 3.05) is 0 Å². The van der Waals surface area contributed by atoms with Crippen LogP contribution in [0.1, 0.15) is 15.9 Å². The second-order valence-electron chi connectivity index (χ2n) is 6.04. The number of carbonyl (C=O) groups is 1. The Morgan fingerprint density at radius 2 is 1.96 bits per heavy atom. The normalized spacial score (nSPS) is 11.0. The van der Waals surface area contributed by atoms with Gasteiger partial charge in [0.05, 0.1) is 12.1 Å². The van der Waals surface area contributed by atoms with Crippen LogP contribution in [0.5, 0.6) is 0 Å². The fourth-order valence-electron chi connectivity index (χ4n) is 2.86. The van der Waals surface area contributed by atoms with E-state index < -0.39 is 5.97 Å². The van der Waals surface area contributed by atoms with E-state index in [0.717, 1.165) is 16.6 Å². The predicted octanol–water partition coefficient (Wildman–Crippen LogP) is 5.15. The molecule has 0 saturated heterocycles. The zero-order chi connectivity index (χ0) is 19.0. The topological polar surface area (TPSA) is 68.0 Å². The van der Waals surface area contributed by atoms with Crippen LogP contribution in [0.2, 0.25) is 10.0 Å². The van der Waals surface area contributed by atoms with Gasteiger partial charge < -0.3 is 9.67 Å². The third-order valence-corrected chi connectivity index (χ3v) is 4.81. The first-order valence-corrected chi connectivity index (χ1v) is 8.86. The third kappa shape index (κ3) is 3.52. The summed E-state index contributed by atoms with van der Waals surface area (Å²) < 4.78 is 1.97. The summed E-state index contributed by atoms with van der Waals surface area (Å²) in [7, 11) is 0. The molecule has 1 N–H and O–H groups in total. The second-order valence-corrected chi connectivity index (χ2v) is 6.88. The zero-order valence-electron chi connectivity index (χ0n) is 13.9. The average Bonchev–Trinajstić information content (AvgIpc) is 3.06. The summed E-state index contributed by atoms with van der Waals surface area (Å²) in [6, 6.07) is 13.9. The Morgan fingerprint density at radius 3 is 2.74 bits per heavy atom. The standard InChI is InChI=1S/C20H13Cl2N3O2/c21-16-5-4-15(17(22)9-16)11-25-7-6-14-10-23-18(24-19(14)25)12-2-1-3-13(8-12)20(26)27/h1-10H,11H2,(H,26,27). The number of carboxylic acid groups (broad SMARTS) is 1. The smallest absolute Gasteiger partial charge is 0.335 e. The summed E-state index contributed by atoms with van der Waals surface area (Å²) in [5.74, 6) is -0.522. The zero-order valence-corrected chi connectivity index (χ0v) is 15.4. The highest BCUT2D eigenvalue weighted by Crippen LogP contribution is 2.25. The number of carboxylic acids is 1. The SMILES string of the molecule is O=C(O)c1cccc(-c2ncc3ccn(Cc4ccc(Cl)cc4Cl)c3n2)c1. The Bertz CT molecular complexity index is 1170. The van der Waals surface area contributed by atoms with Gasteiger partial charge in [0.1, 0.15) is 5.65 Å². The lowest BCUT2D eigenvalue weighted by Gasteiger charge is -2.08. The molecular formula is C20H13Cl2N3O2. The van der Waals surface area contributed by atoms with Crippen molar-refractivity contribution in [2.45, 2.75) is 6.54 Å². The van der Waals surface area contributed by atoms with E-state index in [4.69, 9.17) is 23.2 Å². The Morgan fingerprint density at radius 1 is 1.11 bits per heavy atom. The van der Waals surface area contributed by atoms with Gasteiger partial charge in [-0.3, -0.25) is 0 Å². The molecule has 5 nitrogen and oxygen atoms in total. The van der Waals surface area contributed by atoms with Gasteiger partial charge in [-0.05, 0) is 35.9 Å². The molecule has 0 aliphatic rings. The van der Waals surface area contributed by atoms with Crippen molar-refractivity contribution in [2.24, 2.45) is 0 Å². The molecule has 0 unspecified atom stereocenters. The Kier molecular flexibility index (Phi) is 4.56. The van der Waals surface area contributed by atoms with Crippen LogP contribution in [0.15, 0.2) is 60.9 Å². The van der Waals surface area contributed by atoms with Gasteiger partial charge in [0.25, 0.3) is 0 Å². The van der Waals surface area contributed by atoms with Crippen LogP contribution >= 0.6 is 23.2 Å². The molecule has 2 aromatic carbocycles. The molecule has 0 radical (unpaired) electrons. The maximum Gasteiger partial charge on any atom is 0.335 e. The molecule has 0 fully saturated rings. The second kappa shape index (κ2) is 7.02. The van der Waals surface area contributed by atoms with Crippen molar-refractivity contribution in [3.8, 4) is 11.4 Å². The van der Waals surface area contributed by atoms with Crippen molar-refractivity contribution in [1.82, 2.24) is 14.5 Å². The Labute approximate surface area is 164 Å². The predicted molar refractivity (Wildman–Crippen MR) is 105 cm³/mol. The molecule has 0 spiro atoms.